The number of para-hydroxylation sites is 2. The molecular weight excluding hydrogens is 292 g/mol. The first kappa shape index (κ1) is 14.3. The fraction of sp³-hybridized carbons (Fsp3) is 0.412. The van der Waals surface area contributed by atoms with Gasteiger partial charge in [-0.05, 0) is 25.1 Å². The third-order valence-corrected chi connectivity index (χ3v) is 4.19. The summed E-state index contributed by atoms with van der Waals surface area (Å²) >= 11 is 0. The Balaban J connectivity index is 1.44. The van der Waals surface area contributed by atoms with Crippen LogP contribution in [0.2, 0.25) is 0 Å². The zero-order chi connectivity index (χ0) is 15.5. The molecule has 4 rings (SSSR count). The van der Waals surface area contributed by atoms with E-state index in [1.165, 1.54) is 5.56 Å². The molecule has 0 amide bonds. The lowest BCUT2D eigenvalue weighted by atomic mass is 10.1. The number of aromatic nitrogens is 2. The second kappa shape index (κ2) is 6.42. The van der Waals surface area contributed by atoms with Crippen LogP contribution in [-0.4, -0.2) is 42.3 Å². The SMILES string of the molecule is c1ccc2c(c1)OCC(CNc1ncnc3c1CCNCC3)O2. The highest BCUT2D eigenvalue weighted by Gasteiger charge is 2.21. The Hall–Kier alpha value is -2.34. The predicted molar refractivity (Wildman–Crippen MR) is 87.2 cm³/mol. The average molecular weight is 312 g/mol. The van der Waals surface area contributed by atoms with Crippen molar-refractivity contribution in [3.8, 4) is 11.5 Å². The largest absolute Gasteiger partial charge is 0.486 e. The van der Waals surface area contributed by atoms with Crippen LogP contribution in [0.25, 0.3) is 0 Å². The molecule has 2 N–H and O–H groups in total. The first-order valence-electron chi connectivity index (χ1n) is 8.06. The van der Waals surface area contributed by atoms with Gasteiger partial charge in [-0.1, -0.05) is 12.1 Å². The minimum atomic E-state index is -0.0283. The van der Waals surface area contributed by atoms with Gasteiger partial charge in [0.25, 0.3) is 0 Å². The summed E-state index contributed by atoms with van der Waals surface area (Å²) < 4.78 is 11.7. The minimum Gasteiger partial charge on any atom is -0.486 e. The summed E-state index contributed by atoms with van der Waals surface area (Å²) in [4.78, 5) is 8.83. The van der Waals surface area contributed by atoms with E-state index in [9.17, 15) is 0 Å². The summed E-state index contributed by atoms with van der Waals surface area (Å²) in [6.07, 6.45) is 3.51. The number of fused-ring (bicyclic) bond motifs is 2. The lowest BCUT2D eigenvalue weighted by Gasteiger charge is -2.27. The highest BCUT2D eigenvalue weighted by atomic mass is 16.6. The standard InChI is InChI=1S/C17H20N4O2/c1-2-4-16-15(3-1)22-10-12(23-16)9-19-17-13-5-7-18-8-6-14(13)20-11-21-17/h1-4,11-12,18H,5-10H2,(H,19,20,21). The van der Waals surface area contributed by atoms with E-state index >= 15 is 0 Å². The van der Waals surface area contributed by atoms with E-state index in [1.807, 2.05) is 24.3 Å². The van der Waals surface area contributed by atoms with E-state index in [1.54, 1.807) is 6.33 Å². The summed E-state index contributed by atoms with van der Waals surface area (Å²) in [6, 6.07) is 7.76. The number of hydrogen-bond acceptors (Lipinski definition) is 6. The van der Waals surface area contributed by atoms with Crippen LogP contribution < -0.4 is 20.1 Å². The van der Waals surface area contributed by atoms with Crippen molar-refractivity contribution in [1.29, 1.82) is 0 Å². The number of ether oxygens (including phenoxy) is 2. The fourth-order valence-electron chi connectivity index (χ4n) is 3.00. The van der Waals surface area contributed by atoms with Gasteiger partial charge in [-0.2, -0.15) is 0 Å². The summed E-state index contributed by atoms with van der Waals surface area (Å²) in [5.41, 5.74) is 2.35. The van der Waals surface area contributed by atoms with E-state index in [4.69, 9.17) is 9.47 Å². The lowest BCUT2D eigenvalue weighted by Crippen LogP contribution is -2.35. The number of hydrogen-bond donors (Lipinski definition) is 2. The molecule has 23 heavy (non-hydrogen) atoms. The van der Waals surface area contributed by atoms with Crippen LogP contribution in [0.4, 0.5) is 5.82 Å². The zero-order valence-corrected chi connectivity index (χ0v) is 12.9. The molecule has 0 saturated heterocycles. The molecular formula is C17H20N4O2. The van der Waals surface area contributed by atoms with Crippen molar-refractivity contribution in [2.24, 2.45) is 0 Å². The highest BCUT2D eigenvalue weighted by molar-refractivity contribution is 5.47. The Morgan fingerprint density at radius 1 is 1.13 bits per heavy atom. The van der Waals surface area contributed by atoms with E-state index in [0.717, 1.165) is 48.9 Å². The second-order valence-corrected chi connectivity index (χ2v) is 5.78. The van der Waals surface area contributed by atoms with Gasteiger partial charge < -0.3 is 20.1 Å². The van der Waals surface area contributed by atoms with Crippen LogP contribution in [0.15, 0.2) is 30.6 Å². The third-order valence-electron chi connectivity index (χ3n) is 4.19. The molecule has 6 nitrogen and oxygen atoms in total. The van der Waals surface area contributed by atoms with Gasteiger partial charge in [0.2, 0.25) is 0 Å². The van der Waals surface area contributed by atoms with Crippen LogP contribution >= 0.6 is 0 Å². The molecule has 6 heteroatoms. The summed E-state index contributed by atoms with van der Waals surface area (Å²) in [5.74, 6) is 2.53. The quantitative estimate of drug-likeness (QED) is 0.893. The molecule has 2 aliphatic rings. The Labute approximate surface area is 135 Å². The number of benzene rings is 1. The van der Waals surface area contributed by atoms with Gasteiger partial charge in [-0.15, -0.1) is 0 Å². The molecule has 2 aliphatic heterocycles. The minimum absolute atomic E-state index is 0.0283. The number of nitrogens with one attached hydrogen (secondary N) is 2. The van der Waals surface area contributed by atoms with E-state index < -0.39 is 0 Å². The van der Waals surface area contributed by atoms with E-state index in [2.05, 4.69) is 20.6 Å². The Kier molecular flexibility index (Phi) is 3.98. The molecule has 0 aliphatic carbocycles. The van der Waals surface area contributed by atoms with Gasteiger partial charge in [-0.3, -0.25) is 0 Å². The molecule has 0 saturated carbocycles. The Bertz CT molecular complexity index is 692. The maximum absolute atomic E-state index is 5.98. The van der Waals surface area contributed by atoms with Gasteiger partial charge in [0, 0.05) is 18.5 Å². The summed E-state index contributed by atoms with van der Waals surface area (Å²) in [6.45, 7) is 3.13. The van der Waals surface area contributed by atoms with Crippen molar-refractivity contribution in [2.45, 2.75) is 18.9 Å². The predicted octanol–water partition coefficient (Wildman–Crippen LogP) is 1.42. The molecule has 120 valence electrons. The van der Waals surface area contributed by atoms with Crippen LogP contribution in [0.3, 0.4) is 0 Å². The first-order chi connectivity index (χ1) is 11.4. The normalized spacial score (nSPS) is 19.6. The van der Waals surface area contributed by atoms with Crippen molar-refractivity contribution >= 4 is 5.82 Å². The van der Waals surface area contributed by atoms with Crippen molar-refractivity contribution in [2.75, 3.05) is 31.6 Å². The molecule has 2 aromatic rings. The number of anilines is 1. The fourth-order valence-corrected chi connectivity index (χ4v) is 3.00. The van der Waals surface area contributed by atoms with E-state index in [-0.39, 0.29) is 6.10 Å². The topological polar surface area (TPSA) is 68.3 Å². The van der Waals surface area contributed by atoms with Crippen molar-refractivity contribution < 1.29 is 9.47 Å². The Morgan fingerprint density at radius 2 is 2.00 bits per heavy atom. The van der Waals surface area contributed by atoms with Crippen molar-refractivity contribution in [3.63, 3.8) is 0 Å². The molecule has 0 fully saturated rings. The van der Waals surface area contributed by atoms with Gasteiger partial charge in [0.1, 0.15) is 24.9 Å². The van der Waals surface area contributed by atoms with Gasteiger partial charge in [0.15, 0.2) is 11.5 Å². The molecule has 0 bridgehead atoms. The van der Waals surface area contributed by atoms with Crippen LogP contribution in [0.1, 0.15) is 11.3 Å². The molecule has 3 heterocycles. The van der Waals surface area contributed by atoms with Gasteiger partial charge >= 0.3 is 0 Å². The molecule has 1 unspecified atom stereocenters. The first-order valence-corrected chi connectivity index (χ1v) is 8.06. The van der Waals surface area contributed by atoms with Crippen LogP contribution in [0.5, 0.6) is 11.5 Å². The van der Waals surface area contributed by atoms with Crippen molar-refractivity contribution in [3.05, 3.63) is 41.9 Å². The van der Waals surface area contributed by atoms with E-state index in [0.29, 0.717) is 13.2 Å². The lowest BCUT2D eigenvalue weighted by molar-refractivity contribution is 0.0997. The summed E-state index contributed by atoms with van der Waals surface area (Å²) in [5, 5.41) is 6.81. The van der Waals surface area contributed by atoms with Crippen molar-refractivity contribution in [1.82, 2.24) is 15.3 Å². The number of rotatable bonds is 3. The molecule has 0 spiro atoms. The molecule has 1 atom stereocenters. The van der Waals surface area contributed by atoms with Gasteiger partial charge in [0.05, 0.1) is 12.2 Å². The average Bonchev–Trinajstić information content (AvgIpc) is 2.85. The number of nitrogens with zero attached hydrogens (tertiary/aromatic N) is 2. The Morgan fingerprint density at radius 3 is 2.96 bits per heavy atom. The smallest absolute Gasteiger partial charge is 0.161 e. The molecule has 1 aromatic carbocycles. The maximum atomic E-state index is 5.98. The monoisotopic (exact) mass is 312 g/mol. The molecule has 1 aromatic heterocycles. The maximum Gasteiger partial charge on any atom is 0.161 e. The third kappa shape index (κ3) is 3.07. The highest BCUT2D eigenvalue weighted by Crippen LogP contribution is 2.31. The van der Waals surface area contributed by atoms with Gasteiger partial charge in [-0.25, -0.2) is 9.97 Å². The zero-order valence-electron chi connectivity index (χ0n) is 12.9. The molecule has 0 radical (unpaired) electrons. The summed E-state index contributed by atoms with van der Waals surface area (Å²) in [7, 11) is 0. The second-order valence-electron chi connectivity index (χ2n) is 5.78. The van der Waals surface area contributed by atoms with Crippen LogP contribution in [0, 0.1) is 0 Å². The van der Waals surface area contributed by atoms with Crippen LogP contribution in [-0.2, 0) is 12.8 Å².